The lowest BCUT2D eigenvalue weighted by atomic mass is 10.2. The molecule has 0 bridgehead atoms. The fourth-order valence-corrected chi connectivity index (χ4v) is 3.48. The number of hydrogen-bond donors (Lipinski definition) is 0. The number of hydrogen-bond acceptors (Lipinski definition) is 5. The first kappa shape index (κ1) is 16.9. The monoisotopic (exact) mass is 350 g/mol. The number of halogens is 1. The van der Waals surface area contributed by atoms with Gasteiger partial charge in [-0.25, -0.2) is 9.37 Å². The normalized spacial score (nSPS) is 17.8. The van der Waals surface area contributed by atoms with Crippen LogP contribution in [-0.2, 0) is 11.3 Å². The van der Waals surface area contributed by atoms with Crippen LogP contribution in [0.15, 0.2) is 24.3 Å². The highest BCUT2D eigenvalue weighted by Gasteiger charge is 2.25. The molecule has 1 aliphatic rings. The zero-order valence-electron chi connectivity index (χ0n) is 13.6. The maximum atomic E-state index is 12.9. The topological polar surface area (TPSA) is 51.7 Å². The molecule has 5 nitrogen and oxygen atoms in total. The number of carbonyl (C=O) groups is 1. The molecule has 1 fully saturated rings. The maximum absolute atomic E-state index is 12.9. The van der Waals surface area contributed by atoms with Gasteiger partial charge in [0.05, 0.1) is 18.4 Å². The molecule has 1 amide bonds. The van der Waals surface area contributed by atoms with Gasteiger partial charge < -0.3 is 14.4 Å². The Kier molecular flexibility index (Phi) is 5.11. The molecule has 2 aromatic rings. The van der Waals surface area contributed by atoms with Crippen LogP contribution < -0.4 is 4.74 Å². The van der Waals surface area contributed by atoms with E-state index in [0.717, 1.165) is 5.01 Å². The number of benzene rings is 1. The van der Waals surface area contributed by atoms with E-state index in [9.17, 15) is 9.18 Å². The number of carbonyl (C=O) groups excluding carboxylic acids is 1. The quantitative estimate of drug-likeness (QED) is 0.850. The van der Waals surface area contributed by atoms with Gasteiger partial charge in [-0.1, -0.05) is 0 Å². The van der Waals surface area contributed by atoms with Crippen molar-refractivity contribution in [1.29, 1.82) is 0 Å². The van der Waals surface area contributed by atoms with Crippen molar-refractivity contribution in [2.24, 2.45) is 0 Å². The van der Waals surface area contributed by atoms with E-state index in [1.807, 2.05) is 13.8 Å². The van der Waals surface area contributed by atoms with Gasteiger partial charge in [-0.05, 0) is 38.1 Å². The number of nitrogens with zero attached hydrogens (tertiary/aromatic N) is 2. The van der Waals surface area contributed by atoms with Crippen LogP contribution in [0.5, 0.6) is 5.75 Å². The van der Waals surface area contributed by atoms with Gasteiger partial charge >= 0.3 is 0 Å². The maximum Gasteiger partial charge on any atom is 0.266 e. The molecule has 1 saturated heterocycles. The second kappa shape index (κ2) is 7.27. The van der Waals surface area contributed by atoms with Crippen molar-refractivity contribution in [3.63, 3.8) is 0 Å². The molecule has 1 aliphatic heterocycles. The second-order valence-electron chi connectivity index (χ2n) is 5.70. The van der Waals surface area contributed by atoms with E-state index >= 15 is 0 Å². The number of morpholine rings is 1. The molecule has 0 N–H and O–H groups in total. The average Bonchev–Trinajstić information content (AvgIpc) is 2.94. The van der Waals surface area contributed by atoms with Crippen molar-refractivity contribution in [3.05, 3.63) is 45.7 Å². The van der Waals surface area contributed by atoms with Crippen molar-refractivity contribution in [3.8, 4) is 5.75 Å². The first-order valence-electron chi connectivity index (χ1n) is 7.78. The Morgan fingerprint density at radius 3 is 2.92 bits per heavy atom. The molecule has 0 spiro atoms. The highest BCUT2D eigenvalue weighted by atomic mass is 32.1. The summed E-state index contributed by atoms with van der Waals surface area (Å²) in [5, 5.41) is 0.724. The summed E-state index contributed by atoms with van der Waals surface area (Å²) in [4.78, 5) is 19.5. The van der Waals surface area contributed by atoms with Crippen LogP contribution in [-0.4, -0.2) is 41.6 Å². The van der Waals surface area contributed by atoms with Gasteiger partial charge in [-0.2, -0.15) is 0 Å². The highest BCUT2D eigenvalue weighted by Crippen LogP contribution is 2.23. The molecule has 0 aliphatic carbocycles. The van der Waals surface area contributed by atoms with Gasteiger partial charge in [0.2, 0.25) is 0 Å². The number of aromatic nitrogens is 1. The van der Waals surface area contributed by atoms with Gasteiger partial charge in [0.15, 0.2) is 0 Å². The van der Waals surface area contributed by atoms with Gasteiger partial charge in [-0.15, -0.1) is 11.3 Å². The SMILES string of the molecule is Cc1nc(COc2ccc(F)cc2)sc1C(=O)N1CCO[C@@H](C)C1. The summed E-state index contributed by atoms with van der Waals surface area (Å²) < 4.78 is 23.9. The van der Waals surface area contributed by atoms with Crippen LogP contribution in [0.4, 0.5) is 4.39 Å². The van der Waals surface area contributed by atoms with Gasteiger partial charge in [0.1, 0.15) is 28.1 Å². The van der Waals surface area contributed by atoms with Crippen molar-refractivity contribution in [1.82, 2.24) is 9.88 Å². The second-order valence-corrected chi connectivity index (χ2v) is 6.78. The lowest BCUT2D eigenvalue weighted by Gasteiger charge is -2.30. The largest absolute Gasteiger partial charge is 0.486 e. The Morgan fingerprint density at radius 2 is 2.21 bits per heavy atom. The molecule has 24 heavy (non-hydrogen) atoms. The summed E-state index contributed by atoms with van der Waals surface area (Å²) in [6.45, 7) is 5.80. The number of ether oxygens (including phenoxy) is 2. The van der Waals surface area contributed by atoms with Crippen molar-refractivity contribution < 1.29 is 18.7 Å². The Morgan fingerprint density at radius 1 is 1.46 bits per heavy atom. The minimum atomic E-state index is -0.305. The molecule has 128 valence electrons. The van der Waals surface area contributed by atoms with Crippen LogP contribution in [0.3, 0.4) is 0 Å². The van der Waals surface area contributed by atoms with Gasteiger partial charge in [-0.3, -0.25) is 4.79 Å². The van der Waals surface area contributed by atoms with E-state index in [0.29, 0.717) is 36.0 Å². The molecular weight excluding hydrogens is 331 g/mol. The summed E-state index contributed by atoms with van der Waals surface area (Å²) in [5.41, 5.74) is 0.710. The van der Waals surface area contributed by atoms with Crippen LogP contribution >= 0.6 is 11.3 Å². The lowest BCUT2D eigenvalue weighted by Crippen LogP contribution is -2.44. The molecule has 2 heterocycles. The van der Waals surface area contributed by atoms with E-state index in [-0.39, 0.29) is 24.4 Å². The summed E-state index contributed by atoms with van der Waals surface area (Å²) in [7, 11) is 0. The summed E-state index contributed by atoms with van der Waals surface area (Å²) in [6.07, 6.45) is 0.0530. The molecule has 1 aromatic carbocycles. The third-order valence-corrected chi connectivity index (χ3v) is 4.86. The van der Waals surface area contributed by atoms with Crippen LogP contribution in [0, 0.1) is 12.7 Å². The number of amides is 1. The summed E-state index contributed by atoms with van der Waals surface area (Å²) in [6, 6.07) is 5.82. The number of aryl methyl sites for hydroxylation is 1. The highest BCUT2D eigenvalue weighted by molar-refractivity contribution is 7.13. The Bertz CT molecular complexity index is 717. The average molecular weight is 350 g/mol. The van der Waals surface area contributed by atoms with Crippen molar-refractivity contribution in [2.75, 3.05) is 19.7 Å². The summed E-state index contributed by atoms with van der Waals surface area (Å²) in [5.74, 6) is 0.257. The first-order valence-corrected chi connectivity index (χ1v) is 8.60. The molecule has 0 unspecified atom stereocenters. The molecule has 1 atom stereocenters. The first-order chi connectivity index (χ1) is 11.5. The lowest BCUT2D eigenvalue weighted by molar-refractivity contribution is -0.0122. The molecule has 0 saturated carbocycles. The standard InChI is InChI=1S/C17H19FN2O3S/c1-11-9-20(7-8-22-11)17(21)16-12(2)19-15(24-16)10-23-14-5-3-13(18)4-6-14/h3-6,11H,7-10H2,1-2H3/t11-/m0/s1. The van der Waals surface area contributed by atoms with E-state index in [4.69, 9.17) is 9.47 Å². The molecule has 3 rings (SSSR count). The minimum Gasteiger partial charge on any atom is -0.486 e. The van der Waals surface area contributed by atoms with E-state index in [1.54, 1.807) is 17.0 Å². The molecule has 7 heteroatoms. The van der Waals surface area contributed by atoms with E-state index < -0.39 is 0 Å². The predicted octanol–water partition coefficient (Wildman–Crippen LogP) is 3.03. The summed E-state index contributed by atoms with van der Waals surface area (Å²) >= 11 is 1.34. The third kappa shape index (κ3) is 3.91. The number of thiazole rings is 1. The third-order valence-electron chi connectivity index (χ3n) is 3.74. The molecular formula is C17H19FN2O3S. The van der Waals surface area contributed by atoms with Crippen LogP contribution in [0.1, 0.15) is 27.3 Å². The Balaban J connectivity index is 1.66. The Hall–Kier alpha value is -1.99. The fraction of sp³-hybridized carbons (Fsp3) is 0.412. The predicted molar refractivity (Wildman–Crippen MR) is 88.9 cm³/mol. The van der Waals surface area contributed by atoms with E-state index in [2.05, 4.69) is 4.98 Å². The fourth-order valence-electron chi connectivity index (χ4n) is 2.53. The van der Waals surface area contributed by atoms with Crippen molar-refractivity contribution >= 4 is 17.2 Å². The Labute approximate surface area is 144 Å². The zero-order valence-corrected chi connectivity index (χ0v) is 14.4. The smallest absolute Gasteiger partial charge is 0.266 e. The zero-order chi connectivity index (χ0) is 17.1. The molecule has 0 radical (unpaired) electrons. The number of rotatable bonds is 4. The minimum absolute atomic E-state index is 0.00631. The van der Waals surface area contributed by atoms with Gasteiger partial charge in [0, 0.05) is 13.1 Å². The van der Waals surface area contributed by atoms with E-state index in [1.165, 1.54) is 23.5 Å². The van der Waals surface area contributed by atoms with Crippen molar-refractivity contribution in [2.45, 2.75) is 26.6 Å². The molecule has 1 aromatic heterocycles. The van der Waals surface area contributed by atoms with Gasteiger partial charge in [0.25, 0.3) is 5.91 Å². The van der Waals surface area contributed by atoms with Crippen LogP contribution in [0.25, 0.3) is 0 Å². The van der Waals surface area contributed by atoms with Crippen LogP contribution in [0.2, 0.25) is 0 Å².